The average Bonchev–Trinajstić information content (AvgIpc) is 2.52. The van der Waals surface area contributed by atoms with Gasteiger partial charge in [0.15, 0.2) is 6.29 Å². The lowest BCUT2D eigenvalue weighted by Gasteiger charge is -2.43. The molecule has 1 aliphatic carbocycles. The van der Waals surface area contributed by atoms with Crippen molar-refractivity contribution in [3.63, 3.8) is 0 Å². The normalized spacial score (nSPS) is 43.3. The van der Waals surface area contributed by atoms with Gasteiger partial charge in [-0.3, -0.25) is 0 Å². The van der Waals surface area contributed by atoms with Crippen LogP contribution in [0.2, 0.25) is 0 Å². The van der Waals surface area contributed by atoms with Crippen molar-refractivity contribution >= 4 is 0 Å². The molecule has 18 heavy (non-hydrogen) atoms. The number of rotatable bonds is 2. The molecule has 0 spiro atoms. The second kappa shape index (κ2) is 5.89. The minimum atomic E-state index is -1.19. The van der Waals surface area contributed by atoms with Gasteiger partial charge in [0.05, 0.1) is 12.7 Å². The fourth-order valence-corrected chi connectivity index (χ4v) is 4.03. The first kappa shape index (κ1) is 14.3. The van der Waals surface area contributed by atoms with E-state index in [1.165, 1.54) is 12.8 Å². The molecule has 1 saturated carbocycles. The predicted molar refractivity (Wildman–Crippen MR) is 70.9 cm³/mol. The standard InChI is InChI=1S/C15H28O3/c1-9-4-6-13(11(3)15(16)17)14-8-18-10(2)5-7-12(9)14/h9-17H,4-8H2,1-3H3/t9-,10?,11-,12+,13+,14?/m1/s1. The number of fused-ring (bicyclic) bond motifs is 1. The summed E-state index contributed by atoms with van der Waals surface area (Å²) in [5.74, 6) is 2.33. The Balaban J connectivity index is 2.12. The Kier molecular flexibility index (Phi) is 4.68. The summed E-state index contributed by atoms with van der Waals surface area (Å²) >= 11 is 0. The van der Waals surface area contributed by atoms with Gasteiger partial charge in [0, 0.05) is 5.92 Å². The molecule has 1 aliphatic heterocycles. The van der Waals surface area contributed by atoms with Crippen LogP contribution in [0, 0.1) is 29.6 Å². The molecule has 2 rings (SSSR count). The van der Waals surface area contributed by atoms with Gasteiger partial charge in [-0.15, -0.1) is 0 Å². The molecule has 2 N–H and O–H groups in total. The lowest BCUT2D eigenvalue weighted by atomic mass is 9.63. The number of aliphatic hydroxyl groups excluding tert-OH is 1. The quantitative estimate of drug-likeness (QED) is 0.746. The maximum atomic E-state index is 9.47. The van der Waals surface area contributed by atoms with Crippen LogP contribution in [0.3, 0.4) is 0 Å². The highest BCUT2D eigenvalue weighted by Gasteiger charge is 2.42. The summed E-state index contributed by atoms with van der Waals surface area (Å²) in [6.07, 6.45) is 3.88. The Bertz CT molecular complexity index is 266. The van der Waals surface area contributed by atoms with Crippen LogP contribution < -0.4 is 0 Å². The van der Waals surface area contributed by atoms with Crippen molar-refractivity contribution in [2.75, 3.05) is 6.61 Å². The van der Waals surface area contributed by atoms with E-state index in [1.54, 1.807) is 0 Å². The number of aliphatic hydroxyl groups is 2. The van der Waals surface area contributed by atoms with E-state index in [9.17, 15) is 10.2 Å². The second-order valence-electron chi connectivity index (χ2n) is 6.54. The summed E-state index contributed by atoms with van der Waals surface area (Å²) in [5, 5.41) is 18.9. The van der Waals surface area contributed by atoms with Crippen LogP contribution in [0.5, 0.6) is 0 Å². The number of hydrogen-bond acceptors (Lipinski definition) is 3. The monoisotopic (exact) mass is 256 g/mol. The molecule has 3 nitrogen and oxygen atoms in total. The highest BCUT2D eigenvalue weighted by molar-refractivity contribution is 4.90. The van der Waals surface area contributed by atoms with Gasteiger partial charge in [0.2, 0.25) is 0 Å². The molecule has 0 aromatic heterocycles. The molecule has 1 heterocycles. The number of ether oxygens (including phenoxy) is 1. The maximum absolute atomic E-state index is 9.47. The molecule has 6 atom stereocenters. The third-order valence-electron chi connectivity index (χ3n) is 5.41. The fourth-order valence-electron chi connectivity index (χ4n) is 4.03. The summed E-state index contributed by atoms with van der Waals surface area (Å²) in [7, 11) is 0. The summed E-state index contributed by atoms with van der Waals surface area (Å²) < 4.78 is 5.92. The molecule has 2 aliphatic rings. The van der Waals surface area contributed by atoms with Crippen molar-refractivity contribution in [3.05, 3.63) is 0 Å². The molecule has 2 fully saturated rings. The topological polar surface area (TPSA) is 49.7 Å². The third kappa shape index (κ3) is 2.89. The highest BCUT2D eigenvalue weighted by Crippen LogP contribution is 2.46. The van der Waals surface area contributed by atoms with E-state index in [4.69, 9.17) is 4.74 Å². The lowest BCUT2D eigenvalue weighted by Crippen LogP contribution is -2.41. The molecular formula is C15H28O3. The zero-order valence-electron chi connectivity index (χ0n) is 11.9. The second-order valence-corrected chi connectivity index (χ2v) is 6.54. The van der Waals surface area contributed by atoms with Gasteiger partial charge in [0.1, 0.15) is 0 Å². The molecule has 106 valence electrons. The molecular weight excluding hydrogens is 228 g/mol. The summed E-state index contributed by atoms with van der Waals surface area (Å²) in [6.45, 7) is 7.28. The summed E-state index contributed by atoms with van der Waals surface area (Å²) in [6, 6.07) is 0. The van der Waals surface area contributed by atoms with Crippen LogP contribution in [-0.2, 0) is 4.74 Å². The molecule has 0 aromatic carbocycles. The van der Waals surface area contributed by atoms with Crippen LogP contribution >= 0.6 is 0 Å². The van der Waals surface area contributed by atoms with Crippen LogP contribution in [0.1, 0.15) is 46.5 Å². The Hall–Kier alpha value is -0.120. The van der Waals surface area contributed by atoms with Crippen LogP contribution in [0.25, 0.3) is 0 Å². The van der Waals surface area contributed by atoms with Gasteiger partial charge >= 0.3 is 0 Å². The molecule has 2 unspecified atom stereocenters. The molecule has 1 saturated heterocycles. The Labute approximate surface area is 111 Å². The molecule has 3 heteroatoms. The first-order chi connectivity index (χ1) is 8.50. The van der Waals surface area contributed by atoms with Gasteiger partial charge in [-0.2, -0.15) is 0 Å². The summed E-state index contributed by atoms with van der Waals surface area (Å²) in [4.78, 5) is 0. The third-order valence-corrected chi connectivity index (χ3v) is 5.41. The van der Waals surface area contributed by atoms with Crippen molar-refractivity contribution in [1.29, 1.82) is 0 Å². The first-order valence-corrected chi connectivity index (χ1v) is 7.48. The summed E-state index contributed by atoms with van der Waals surface area (Å²) in [5.41, 5.74) is 0. The molecule has 0 radical (unpaired) electrons. The maximum Gasteiger partial charge on any atom is 0.154 e. The zero-order chi connectivity index (χ0) is 13.3. The van der Waals surface area contributed by atoms with Crippen LogP contribution in [-0.4, -0.2) is 29.2 Å². The van der Waals surface area contributed by atoms with Crippen molar-refractivity contribution in [2.24, 2.45) is 29.6 Å². The van der Waals surface area contributed by atoms with E-state index in [-0.39, 0.29) is 5.92 Å². The Morgan fingerprint density at radius 2 is 1.72 bits per heavy atom. The minimum absolute atomic E-state index is 0.0398. The molecule has 0 aromatic rings. The predicted octanol–water partition coefficient (Wildman–Crippen LogP) is 2.41. The van der Waals surface area contributed by atoms with E-state index in [1.807, 2.05) is 6.92 Å². The van der Waals surface area contributed by atoms with Crippen LogP contribution in [0.4, 0.5) is 0 Å². The minimum Gasteiger partial charge on any atom is -0.378 e. The zero-order valence-corrected chi connectivity index (χ0v) is 11.9. The van der Waals surface area contributed by atoms with Crippen molar-refractivity contribution in [1.82, 2.24) is 0 Å². The average molecular weight is 256 g/mol. The van der Waals surface area contributed by atoms with Gasteiger partial charge in [0.25, 0.3) is 0 Å². The van der Waals surface area contributed by atoms with Crippen molar-refractivity contribution in [2.45, 2.75) is 58.8 Å². The van der Waals surface area contributed by atoms with E-state index in [0.717, 1.165) is 25.4 Å². The Morgan fingerprint density at radius 1 is 1.00 bits per heavy atom. The van der Waals surface area contributed by atoms with Gasteiger partial charge in [-0.05, 0) is 49.9 Å². The first-order valence-electron chi connectivity index (χ1n) is 7.48. The highest BCUT2D eigenvalue weighted by atomic mass is 16.5. The van der Waals surface area contributed by atoms with Crippen LogP contribution in [0.15, 0.2) is 0 Å². The molecule has 0 amide bonds. The van der Waals surface area contributed by atoms with Gasteiger partial charge in [-0.1, -0.05) is 20.3 Å². The van der Waals surface area contributed by atoms with E-state index < -0.39 is 6.29 Å². The van der Waals surface area contributed by atoms with Crippen molar-refractivity contribution < 1.29 is 14.9 Å². The van der Waals surface area contributed by atoms with E-state index in [2.05, 4.69) is 13.8 Å². The van der Waals surface area contributed by atoms with Crippen molar-refractivity contribution in [3.8, 4) is 0 Å². The molecule has 0 bridgehead atoms. The van der Waals surface area contributed by atoms with Gasteiger partial charge < -0.3 is 14.9 Å². The largest absolute Gasteiger partial charge is 0.378 e. The smallest absolute Gasteiger partial charge is 0.154 e. The fraction of sp³-hybridized carbons (Fsp3) is 1.00. The lowest BCUT2D eigenvalue weighted by molar-refractivity contribution is -0.120. The SMILES string of the molecule is CC1CC[C@@H]2C(CO1)[C@H]([C@@H](C)C(O)O)CC[C@H]2C. The number of hydrogen-bond donors (Lipinski definition) is 2. The Morgan fingerprint density at radius 3 is 2.39 bits per heavy atom. The van der Waals surface area contributed by atoms with E-state index in [0.29, 0.717) is 23.9 Å². The van der Waals surface area contributed by atoms with Gasteiger partial charge in [-0.25, -0.2) is 0 Å². The van der Waals surface area contributed by atoms with E-state index >= 15 is 0 Å².